The van der Waals surface area contributed by atoms with Crippen molar-refractivity contribution in [1.29, 1.82) is 0 Å². The summed E-state index contributed by atoms with van der Waals surface area (Å²) in [5, 5.41) is 21.3. The predicted molar refractivity (Wildman–Crippen MR) is 137 cm³/mol. The maximum Gasteiger partial charge on any atom is 0.339 e. The Labute approximate surface area is 205 Å². The topological polar surface area (TPSA) is 57.5 Å². The molecule has 2 unspecified atom stereocenters. The van der Waals surface area contributed by atoms with Crippen molar-refractivity contribution in [3.05, 3.63) is 135 Å². The quantitative estimate of drug-likeness (QED) is 0.278. The molecule has 34 heavy (non-hydrogen) atoms. The van der Waals surface area contributed by atoms with E-state index in [9.17, 15) is 15.0 Å². The summed E-state index contributed by atoms with van der Waals surface area (Å²) < 4.78 is 0. The van der Waals surface area contributed by atoms with Gasteiger partial charge >= 0.3 is 5.97 Å². The lowest BCUT2D eigenvalue weighted by molar-refractivity contribution is 0.0693. The lowest BCUT2D eigenvalue weighted by Crippen LogP contribution is -2.09. The van der Waals surface area contributed by atoms with E-state index in [2.05, 4.69) is 31.2 Å². The van der Waals surface area contributed by atoms with Crippen LogP contribution < -0.4 is 0 Å². The number of halogens is 1. The number of phenols is 1. The minimum absolute atomic E-state index is 0.0416. The van der Waals surface area contributed by atoms with Crippen molar-refractivity contribution in [3.8, 4) is 5.75 Å². The summed E-state index contributed by atoms with van der Waals surface area (Å²) in [5.41, 5.74) is 4.50. The first-order chi connectivity index (χ1) is 16.4. The number of hydrogen-bond donors (Lipinski definition) is 2. The zero-order valence-electron chi connectivity index (χ0n) is 19.0. The SMILES string of the molecule is CC(CC(c1ccccc1)c1cc(Cc2ccccc2Cl)c(O)c(C(=O)O)c1)c1ccccc1. The molecule has 2 atom stereocenters. The largest absolute Gasteiger partial charge is 0.507 e. The van der Waals surface area contributed by atoms with Crippen LogP contribution in [0.15, 0.2) is 97.1 Å². The third kappa shape index (κ3) is 5.32. The highest BCUT2D eigenvalue weighted by Crippen LogP contribution is 2.38. The second-order valence-electron chi connectivity index (χ2n) is 8.66. The Hall–Kier alpha value is -3.56. The first-order valence-electron chi connectivity index (χ1n) is 11.4. The van der Waals surface area contributed by atoms with Crippen molar-refractivity contribution in [1.82, 2.24) is 0 Å². The Morgan fingerprint density at radius 3 is 2.00 bits per heavy atom. The minimum atomic E-state index is -1.15. The first-order valence-corrected chi connectivity index (χ1v) is 11.7. The van der Waals surface area contributed by atoms with E-state index in [1.54, 1.807) is 12.1 Å². The van der Waals surface area contributed by atoms with Gasteiger partial charge in [0, 0.05) is 17.4 Å². The average molecular weight is 471 g/mol. The molecule has 0 aliphatic heterocycles. The molecule has 3 nitrogen and oxygen atoms in total. The van der Waals surface area contributed by atoms with E-state index in [1.165, 1.54) is 5.56 Å². The second-order valence-corrected chi connectivity index (χ2v) is 9.07. The summed E-state index contributed by atoms with van der Waals surface area (Å²) in [6, 6.07) is 31.4. The molecule has 0 amide bonds. The number of aromatic hydroxyl groups is 1. The van der Waals surface area contributed by atoms with E-state index >= 15 is 0 Å². The van der Waals surface area contributed by atoms with Gasteiger partial charge in [-0.25, -0.2) is 4.79 Å². The van der Waals surface area contributed by atoms with Crippen LogP contribution in [0.2, 0.25) is 5.02 Å². The van der Waals surface area contributed by atoms with Crippen LogP contribution in [0.4, 0.5) is 0 Å². The zero-order chi connectivity index (χ0) is 24.1. The maximum atomic E-state index is 12.1. The highest BCUT2D eigenvalue weighted by Gasteiger charge is 2.23. The zero-order valence-corrected chi connectivity index (χ0v) is 19.7. The molecule has 0 aromatic heterocycles. The highest BCUT2D eigenvalue weighted by atomic mass is 35.5. The summed E-state index contributed by atoms with van der Waals surface area (Å²) in [7, 11) is 0. The van der Waals surface area contributed by atoms with Gasteiger partial charge in [0.25, 0.3) is 0 Å². The summed E-state index contributed by atoms with van der Waals surface area (Å²) in [4.78, 5) is 12.1. The summed E-state index contributed by atoms with van der Waals surface area (Å²) in [6.07, 6.45) is 1.14. The summed E-state index contributed by atoms with van der Waals surface area (Å²) in [6.45, 7) is 2.19. The van der Waals surface area contributed by atoms with Crippen molar-refractivity contribution >= 4 is 17.6 Å². The molecular formula is C30H27ClO3. The number of carbonyl (C=O) groups is 1. The molecule has 0 aliphatic rings. The van der Waals surface area contributed by atoms with E-state index in [1.807, 2.05) is 60.7 Å². The molecule has 4 heteroatoms. The normalized spacial score (nSPS) is 12.8. The smallest absolute Gasteiger partial charge is 0.339 e. The van der Waals surface area contributed by atoms with Gasteiger partial charge in [0.05, 0.1) is 0 Å². The molecule has 172 valence electrons. The molecule has 4 aromatic rings. The van der Waals surface area contributed by atoms with Crippen molar-refractivity contribution in [2.75, 3.05) is 0 Å². The monoisotopic (exact) mass is 470 g/mol. The Morgan fingerprint density at radius 1 is 0.794 bits per heavy atom. The maximum absolute atomic E-state index is 12.1. The number of carboxylic acid groups (broad SMARTS) is 1. The lowest BCUT2D eigenvalue weighted by atomic mass is 9.80. The van der Waals surface area contributed by atoms with Crippen LogP contribution in [0.5, 0.6) is 5.75 Å². The third-order valence-corrected chi connectivity index (χ3v) is 6.71. The van der Waals surface area contributed by atoms with Gasteiger partial charge in [-0.05, 0) is 52.3 Å². The van der Waals surface area contributed by atoms with Gasteiger partial charge in [0.2, 0.25) is 0 Å². The number of hydrogen-bond acceptors (Lipinski definition) is 2. The van der Waals surface area contributed by atoms with Crippen LogP contribution >= 0.6 is 11.6 Å². The van der Waals surface area contributed by atoms with Crippen molar-refractivity contribution in [2.45, 2.75) is 31.6 Å². The van der Waals surface area contributed by atoms with Crippen LogP contribution in [-0.2, 0) is 6.42 Å². The lowest BCUT2D eigenvalue weighted by Gasteiger charge is -2.24. The molecule has 0 fully saturated rings. The van der Waals surface area contributed by atoms with Crippen LogP contribution in [0, 0.1) is 0 Å². The van der Waals surface area contributed by atoms with Gasteiger partial charge in [-0.15, -0.1) is 0 Å². The number of carboxylic acids is 1. The Kier molecular flexibility index (Phi) is 7.34. The van der Waals surface area contributed by atoms with E-state index in [0.717, 1.165) is 23.1 Å². The standard InChI is InChI=1S/C30H27ClO3/c1-20(21-10-4-2-5-11-21)16-26(22-12-6-3-7-13-22)24-18-25(29(32)27(19-24)30(33)34)17-23-14-8-9-15-28(23)31/h2-15,18-20,26,32H,16-17H2,1H3,(H,33,34). The second kappa shape index (κ2) is 10.6. The molecular weight excluding hydrogens is 444 g/mol. The van der Waals surface area contributed by atoms with E-state index in [0.29, 0.717) is 17.0 Å². The van der Waals surface area contributed by atoms with Gasteiger partial charge in [-0.1, -0.05) is 103 Å². The van der Waals surface area contributed by atoms with E-state index < -0.39 is 5.97 Å². The van der Waals surface area contributed by atoms with Crippen LogP contribution in [0.3, 0.4) is 0 Å². The molecule has 0 saturated carbocycles. The van der Waals surface area contributed by atoms with Crippen molar-refractivity contribution < 1.29 is 15.0 Å². The van der Waals surface area contributed by atoms with Crippen molar-refractivity contribution in [3.63, 3.8) is 0 Å². The number of rotatable bonds is 8. The van der Waals surface area contributed by atoms with E-state index in [-0.39, 0.29) is 23.1 Å². The Balaban J connectivity index is 1.80. The Morgan fingerprint density at radius 2 is 1.38 bits per heavy atom. The fourth-order valence-electron chi connectivity index (χ4n) is 4.49. The molecule has 4 rings (SSSR count). The van der Waals surface area contributed by atoms with Gasteiger partial charge in [0.15, 0.2) is 0 Å². The molecule has 2 N–H and O–H groups in total. The Bertz CT molecular complexity index is 1270. The van der Waals surface area contributed by atoms with Crippen LogP contribution in [0.25, 0.3) is 0 Å². The molecule has 0 bridgehead atoms. The van der Waals surface area contributed by atoms with Crippen LogP contribution in [-0.4, -0.2) is 16.2 Å². The summed E-state index contributed by atoms with van der Waals surface area (Å²) >= 11 is 6.37. The van der Waals surface area contributed by atoms with Gasteiger partial charge < -0.3 is 10.2 Å². The van der Waals surface area contributed by atoms with Crippen LogP contribution in [0.1, 0.15) is 63.4 Å². The first kappa shape index (κ1) is 23.6. The number of aromatic carboxylic acids is 1. The number of benzene rings is 4. The molecule has 0 spiro atoms. The van der Waals surface area contributed by atoms with Gasteiger partial charge in [0.1, 0.15) is 11.3 Å². The molecule has 0 saturated heterocycles. The van der Waals surface area contributed by atoms with Crippen molar-refractivity contribution in [2.24, 2.45) is 0 Å². The molecule has 0 aliphatic carbocycles. The fraction of sp³-hybridized carbons (Fsp3) is 0.167. The summed E-state index contributed by atoms with van der Waals surface area (Å²) in [5.74, 6) is -1.15. The van der Waals surface area contributed by atoms with Gasteiger partial charge in [-0.2, -0.15) is 0 Å². The molecule has 0 radical (unpaired) electrons. The molecule has 0 heterocycles. The van der Waals surface area contributed by atoms with Gasteiger partial charge in [-0.3, -0.25) is 0 Å². The third-order valence-electron chi connectivity index (χ3n) is 6.34. The average Bonchev–Trinajstić information content (AvgIpc) is 2.86. The fourth-order valence-corrected chi connectivity index (χ4v) is 4.69. The predicted octanol–water partition coefficient (Wildman–Crippen LogP) is 7.66. The van der Waals surface area contributed by atoms with E-state index in [4.69, 9.17) is 11.6 Å². The molecule has 4 aromatic carbocycles. The highest BCUT2D eigenvalue weighted by molar-refractivity contribution is 6.31. The minimum Gasteiger partial charge on any atom is -0.507 e.